The molecule has 6 heteroatoms. The van der Waals surface area contributed by atoms with Gasteiger partial charge >= 0.3 is 6.09 Å². The van der Waals surface area contributed by atoms with Gasteiger partial charge in [-0.3, -0.25) is 4.90 Å². The highest BCUT2D eigenvalue weighted by Crippen LogP contribution is 2.35. The van der Waals surface area contributed by atoms with Gasteiger partial charge in [-0.05, 0) is 25.1 Å². The molecular weight excluding hydrogens is 322 g/mol. The molecule has 1 atom stereocenters. The zero-order chi connectivity index (χ0) is 17.2. The molecule has 0 aromatic rings. The van der Waals surface area contributed by atoms with Crippen molar-refractivity contribution in [3.05, 3.63) is 0 Å². The summed E-state index contributed by atoms with van der Waals surface area (Å²) in [6.07, 6.45) is 3.22. The Balaban J connectivity index is 1.46. The van der Waals surface area contributed by atoms with Crippen molar-refractivity contribution in [3.8, 4) is 0 Å². The minimum atomic E-state index is -0.212. The van der Waals surface area contributed by atoms with E-state index < -0.39 is 0 Å². The lowest BCUT2D eigenvalue weighted by molar-refractivity contribution is -0.00743. The molecule has 3 rings (SSSR count). The van der Waals surface area contributed by atoms with Gasteiger partial charge in [0.1, 0.15) is 5.60 Å². The van der Waals surface area contributed by atoms with Gasteiger partial charge in [-0.2, -0.15) is 11.8 Å². The van der Waals surface area contributed by atoms with Gasteiger partial charge in [-0.15, -0.1) is 0 Å². The number of hydrogen-bond acceptors (Lipinski definition) is 5. The second-order valence-electron chi connectivity index (χ2n) is 8.18. The monoisotopic (exact) mass is 355 g/mol. The maximum atomic E-state index is 12.3. The van der Waals surface area contributed by atoms with Gasteiger partial charge in [0.15, 0.2) is 0 Å². The van der Waals surface area contributed by atoms with E-state index in [1.807, 2.05) is 4.90 Å². The van der Waals surface area contributed by atoms with E-state index in [-0.39, 0.29) is 11.7 Å². The molecule has 0 saturated carbocycles. The molecule has 0 aliphatic carbocycles. The molecule has 1 amide bonds. The van der Waals surface area contributed by atoms with Crippen molar-refractivity contribution in [1.82, 2.24) is 14.7 Å². The minimum Gasteiger partial charge on any atom is -0.441 e. The van der Waals surface area contributed by atoms with E-state index in [2.05, 4.69) is 42.5 Å². The quantitative estimate of drug-likeness (QED) is 0.731. The largest absolute Gasteiger partial charge is 0.441 e. The summed E-state index contributed by atoms with van der Waals surface area (Å²) in [7, 11) is 2.13. The summed E-state index contributed by atoms with van der Waals surface area (Å²) in [4.78, 5) is 19.1. The molecule has 0 aromatic carbocycles. The highest BCUT2D eigenvalue weighted by molar-refractivity contribution is 7.99. The molecule has 5 nitrogen and oxygen atoms in total. The first-order chi connectivity index (χ1) is 11.5. The number of hydrogen-bond donors (Lipinski definition) is 0. The number of likely N-dealkylation sites (N-methyl/N-ethyl adjacent to an activating group) is 1. The Morgan fingerprint density at radius 1 is 1.38 bits per heavy atom. The van der Waals surface area contributed by atoms with Crippen LogP contribution in [0.5, 0.6) is 0 Å². The maximum Gasteiger partial charge on any atom is 0.410 e. The van der Waals surface area contributed by atoms with Crippen LogP contribution < -0.4 is 0 Å². The zero-order valence-electron chi connectivity index (χ0n) is 15.5. The predicted octanol–water partition coefficient (Wildman–Crippen LogP) is 2.37. The SMILES string of the molecule is CC(C)CN(C)CCN1CC2(CCN([C@@H]3CCSC3)CC2)OC1=O. The van der Waals surface area contributed by atoms with Crippen LogP contribution in [0.25, 0.3) is 0 Å². The highest BCUT2D eigenvalue weighted by Gasteiger charge is 2.47. The normalized spacial score (nSPS) is 27.6. The average molecular weight is 356 g/mol. The van der Waals surface area contributed by atoms with Crippen LogP contribution in [0.2, 0.25) is 0 Å². The molecule has 0 bridgehead atoms. The second-order valence-corrected chi connectivity index (χ2v) is 9.33. The summed E-state index contributed by atoms with van der Waals surface area (Å²) in [5.74, 6) is 3.24. The summed E-state index contributed by atoms with van der Waals surface area (Å²) in [5.41, 5.74) is -0.212. The third-order valence-electron chi connectivity index (χ3n) is 5.60. The molecule has 0 unspecified atom stereocenters. The number of nitrogens with zero attached hydrogens (tertiary/aromatic N) is 3. The smallest absolute Gasteiger partial charge is 0.410 e. The van der Waals surface area contributed by atoms with Crippen molar-refractivity contribution >= 4 is 17.9 Å². The van der Waals surface area contributed by atoms with Crippen LogP contribution >= 0.6 is 11.8 Å². The van der Waals surface area contributed by atoms with Crippen LogP contribution in [-0.4, -0.2) is 90.3 Å². The van der Waals surface area contributed by atoms with E-state index in [1.165, 1.54) is 17.9 Å². The Labute approximate surface area is 151 Å². The van der Waals surface area contributed by atoms with Crippen LogP contribution in [0.3, 0.4) is 0 Å². The third kappa shape index (κ3) is 4.38. The van der Waals surface area contributed by atoms with Crippen LogP contribution in [0.1, 0.15) is 33.1 Å². The van der Waals surface area contributed by atoms with Gasteiger partial charge in [0.2, 0.25) is 0 Å². The lowest BCUT2D eigenvalue weighted by Crippen LogP contribution is -2.50. The Bertz CT molecular complexity index is 432. The zero-order valence-corrected chi connectivity index (χ0v) is 16.3. The van der Waals surface area contributed by atoms with Gasteiger partial charge < -0.3 is 14.5 Å². The van der Waals surface area contributed by atoms with Crippen LogP contribution in [0.4, 0.5) is 4.79 Å². The number of thioether (sulfide) groups is 1. The summed E-state index contributed by atoms with van der Waals surface area (Å²) in [6.45, 7) is 10.2. The number of rotatable bonds is 6. The third-order valence-corrected chi connectivity index (χ3v) is 6.75. The molecule has 1 spiro atoms. The van der Waals surface area contributed by atoms with Gasteiger partial charge in [-0.1, -0.05) is 13.8 Å². The summed E-state index contributed by atoms with van der Waals surface area (Å²) < 4.78 is 5.86. The first kappa shape index (κ1) is 18.3. The molecule has 0 aromatic heterocycles. The maximum absolute atomic E-state index is 12.3. The lowest BCUT2D eigenvalue weighted by atomic mass is 9.90. The van der Waals surface area contributed by atoms with Crippen molar-refractivity contribution in [3.63, 3.8) is 0 Å². The Hall–Kier alpha value is -0.460. The fraction of sp³-hybridized carbons (Fsp3) is 0.944. The van der Waals surface area contributed by atoms with E-state index in [9.17, 15) is 4.79 Å². The van der Waals surface area contributed by atoms with Crippen LogP contribution in [0, 0.1) is 5.92 Å². The highest BCUT2D eigenvalue weighted by atomic mass is 32.2. The first-order valence-corrected chi connectivity index (χ1v) is 10.6. The van der Waals surface area contributed by atoms with E-state index in [0.29, 0.717) is 5.92 Å². The standard InChI is InChI=1S/C18H33N3O2S/c1-15(2)12-19(3)9-10-21-14-18(23-17(21)22)5-7-20(8-6-18)16-4-11-24-13-16/h15-16H,4-14H2,1-3H3/t16-/m1/s1. The fourth-order valence-electron chi connectivity index (χ4n) is 4.24. The molecule has 3 saturated heterocycles. The number of likely N-dealkylation sites (tertiary alicyclic amines) is 1. The van der Waals surface area contributed by atoms with Crippen LogP contribution in [-0.2, 0) is 4.74 Å². The van der Waals surface area contributed by atoms with E-state index in [1.54, 1.807) is 0 Å². The molecule has 0 N–H and O–H groups in total. The number of carbonyl (C=O) groups is 1. The van der Waals surface area contributed by atoms with Gasteiger partial charge in [0.05, 0.1) is 6.54 Å². The average Bonchev–Trinajstić information content (AvgIpc) is 3.14. The van der Waals surface area contributed by atoms with Crippen LogP contribution in [0.15, 0.2) is 0 Å². The predicted molar refractivity (Wildman–Crippen MR) is 99.7 cm³/mol. The van der Waals surface area contributed by atoms with E-state index in [4.69, 9.17) is 4.74 Å². The molecule has 0 radical (unpaired) electrons. The van der Waals surface area contributed by atoms with E-state index >= 15 is 0 Å². The molecule has 3 aliphatic rings. The molecule has 24 heavy (non-hydrogen) atoms. The van der Waals surface area contributed by atoms with Crippen molar-refractivity contribution in [2.45, 2.75) is 44.8 Å². The fourth-order valence-corrected chi connectivity index (χ4v) is 5.49. The van der Waals surface area contributed by atoms with Gasteiger partial charge in [0.25, 0.3) is 0 Å². The second kappa shape index (κ2) is 7.83. The number of amides is 1. The summed E-state index contributed by atoms with van der Waals surface area (Å²) in [5, 5.41) is 0. The Morgan fingerprint density at radius 2 is 2.12 bits per heavy atom. The molecule has 3 fully saturated rings. The number of ether oxygens (including phenoxy) is 1. The van der Waals surface area contributed by atoms with Crippen molar-refractivity contribution < 1.29 is 9.53 Å². The van der Waals surface area contributed by atoms with Gasteiger partial charge in [-0.25, -0.2) is 4.79 Å². The summed E-state index contributed by atoms with van der Waals surface area (Å²) in [6, 6.07) is 0.755. The first-order valence-electron chi connectivity index (χ1n) is 9.46. The summed E-state index contributed by atoms with van der Waals surface area (Å²) >= 11 is 2.07. The molecule has 3 heterocycles. The molecule has 3 aliphatic heterocycles. The minimum absolute atomic E-state index is 0.0992. The number of carbonyl (C=O) groups excluding carboxylic acids is 1. The Kier molecular flexibility index (Phi) is 5.98. The van der Waals surface area contributed by atoms with Gasteiger partial charge in [0, 0.05) is 57.4 Å². The molecule has 138 valence electrons. The van der Waals surface area contributed by atoms with Crippen molar-refractivity contribution in [1.29, 1.82) is 0 Å². The number of piperidine rings is 1. The van der Waals surface area contributed by atoms with Crippen molar-refractivity contribution in [2.24, 2.45) is 5.92 Å². The topological polar surface area (TPSA) is 36.0 Å². The molecular formula is C18H33N3O2S. The van der Waals surface area contributed by atoms with E-state index in [0.717, 1.165) is 58.2 Å². The Morgan fingerprint density at radius 3 is 2.75 bits per heavy atom. The van der Waals surface area contributed by atoms with Crippen molar-refractivity contribution in [2.75, 3.05) is 57.8 Å². The lowest BCUT2D eigenvalue weighted by Gasteiger charge is -2.40.